The van der Waals surface area contributed by atoms with E-state index in [9.17, 15) is 39.6 Å². The topological polar surface area (TPSA) is 224 Å². The third-order valence-electron chi connectivity index (χ3n) is 8.94. The number of rotatable bonds is 11. The number of nitrogens with one attached hydrogen (secondary N) is 3. The summed E-state index contributed by atoms with van der Waals surface area (Å²) in [5.41, 5.74) is 7.12. The molecule has 0 saturated carbocycles. The van der Waals surface area contributed by atoms with Crippen LogP contribution in [0.15, 0.2) is 24.3 Å². The van der Waals surface area contributed by atoms with Gasteiger partial charge in [-0.1, -0.05) is 45.0 Å². The van der Waals surface area contributed by atoms with Crippen LogP contribution in [-0.2, 0) is 31.1 Å². The van der Waals surface area contributed by atoms with E-state index in [1.165, 1.54) is 5.56 Å². The number of carbonyl (C=O) groups is 4. The summed E-state index contributed by atoms with van der Waals surface area (Å²) in [7, 11) is 0. The van der Waals surface area contributed by atoms with Gasteiger partial charge in [0.2, 0.25) is 0 Å². The van der Waals surface area contributed by atoms with Crippen LogP contribution in [0.2, 0.25) is 0 Å². The minimum Gasteiger partial charge on any atom is -0.480 e. The number of hydrogen-bond donors (Lipinski definition) is 8. The van der Waals surface area contributed by atoms with E-state index >= 15 is 0 Å². The Kier molecular flexibility index (Phi) is 14.9. The van der Waals surface area contributed by atoms with E-state index in [0.29, 0.717) is 26.2 Å². The Bertz CT molecular complexity index is 1210. The molecule has 3 fully saturated rings. The molecule has 1 aromatic carbocycles. The zero-order valence-corrected chi connectivity index (χ0v) is 29.1. The second kappa shape index (κ2) is 18.1. The smallest absolute Gasteiger partial charge is 0.317 e. The molecule has 3 heterocycles. The summed E-state index contributed by atoms with van der Waals surface area (Å²) in [4.78, 5) is 55.1. The second-order valence-electron chi connectivity index (χ2n) is 14.7. The number of aliphatic carboxylic acids is 4. The number of carboxylic acids is 4. The molecular formula is C33H56N8O8. The van der Waals surface area contributed by atoms with Crippen LogP contribution >= 0.6 is 0 Å². The molecule has 3 aliphatic heterocycles. The first kappa shape index (κ1) is 40.2. The molecule has 4 rings (SSSR count). The standard InChI is InChI=1S/C33H56N8O8/c1-31(2,3)26-6-4-25(5-7-26)14-37-33-20-36-9-8-35-19-32(34,21-38(15-27(42)43)10-12-40(23-33)17-29(46)47)22-39(16-28(44)45)11-13-41(24-33)18-30(48)49/h4-7,35-37H,8-24,34H2,1-3H3,(H,42,43)(H,44,45)(H,46,47)(H,48,49). The van der Waals surface area contributed by atoms with Gasteiger partial charge >= 0.3 is 23.9 Å². The lowest BCUT2D eigenvalue weighted by atomic mass is 9.86. The van der Waals surface area contributed by atoms with Crippen LogP contribution in [0.25, 0.3) is 0 Å². The molecule has 0 unspecified atom stereocenters. The van der Waals surface area contributed by atoms with Gasteiger partial charge in [0, 0.05) is 85.1 Å². The zero-order chi connectivity index (χ0) is 36.2. The molecule has 9 N–H and O–H groups in total. The molecule has 0 radical (unpaired) electrons. The lowest BCUT2D eigenvalue weighted by molar-refractivity contribution is -0.141. The summed E-state index contributed by atoms with van der Waals surface area (Å²) in [6.45, 7) is 8.53. The third-order valence-corrected chi connectivity index (χ3v) is 8.94. The monoisotopic (exact) mass is 692 g/mol. The van der Waals surface area contributed by atoms with Gasteiger partial charge in [0.05, 0.1) is 37.3 Å². The van der Waals surface area contributed by atoms with E-state index in [-0.39, 0.29) is 90.5 Å². The molecule has 0 aliphatic carbocycles. The third kappa shape index (κ3) is 14.3. The van der Waals surface area contributed by atoms with Crippen LogP contribution in [0.3, 0.4) is 0 Å². The molecule has 0 amide bonds. The fraction of sp³-hybridized carbons (Fsp3) is 0.697. The second-order valence-corrected chi connectivity index (χ2v) is 14.7. The van der Waals surface area contributed by atoms with Gasteiger partial charge in [-0.05, 0) is 16.5 Å². The van der Waals surface area contributed by atoms with Crippen LogP contribution < -0.4 is 21.7 Å². The van der Waals surface area contributed by atoms with E-state index in [4.69, 9.17) is 5.73 Å². The van der Waals surface area contributed by atoms with Crippen LogP contribution in [0.1, 0.15) is 31.9 Å². The molecule has 49 heavy (non-hydrogen) atoms. The molecule has 16 heteroatoms. The molecule has 3 saturated heterocycles. The van der Waals surface area contributed by atoms with Crippen molar-refractivity contribution in [1.29, 1.82) is 0 Å². The van der Waals surface area contributed by atoms with Gasteiger partial charge in [0.1, 0.15) is 0 Å². The van der Waals surface area contributed by atoms with E-state index < -0.39 is 35.0 Å². The average molecular weight is 693 g/mol. The van der Waals surface area contributed by atoms with Gasteiger partial charge in [-0.25, -0.2) is 0 Å². The highest BCUT2D eigenvalue weighted by Gasteiger charge is 2.38. The van der Waals surface area contributed by atoms with Gasteiger partial charge in [-0.2, -0.15) is 0 Å². The quantitative estimate of drug-likeness (QED) is 0.129. The van der Waals surface area contributed by atoms with Gasteiger partial charge < -0.3 is 42.1 Å². The first-order valence-electron chi connectivity index (χ1n) is 16.8. The molecular weight excluding hydrogens is 636 g/mol. The maximum absolute atomic E-state index is 12.2. The highest BCUT2D eigenvalue weighted by molar-refractivity contribution is 5.70. The number of benzene rings is 1. The first-order chi connectivity index (χ1) is 23.0. The number of hydrogen-bond acceptors (Lipinski definition) is 12. The van der Waals surface area contributed by atoms with Gasteiger partial charge in [0.15, 0.2) is 0 Å². The number of nitrogens with zero attached hydrogens (tertiary/aromatic N) is 4. The van der Waals surface area contributed by atoms with Crippen molar-refractivity contribution in [1.82, 2.24) is 35.6 Å². The van der Waals surface area contributed by atoms with Gasteiger partial charge in [0.25, 0.3) is 0 Å². The van der Waals surface area contributed by atoms with E-state index in [2.05, 4.69) is 48.9 Å². The number of carboxylic acid groups (broad SMARTS) is 4. The predicted octanol–water partition coefficient (Wildman–Crippen LogP) is -1.74. The van der Waals surface area contributed by atoms with Crippen molar-refractivity contribution in [3.05, 3.63) is 35.4 Å². The highest BCUT2D eigenvalue weighted by atomic mass is 16.4. The predicted molar refractivity (Wildman–Crippen MR) is 184 cm³/mol. The van der Waals surface area contributed by atoms with Crippen molar-refractivity contribution in [2.45, 2.75) is 43.8 Å². The largest absolute Gasteiger partial charge is 0.480 e. The molecule has 0 spiro atoms. The minimum absolute atomic E-state index is 0.0277. The minimum atomic E-state index is -1.08. The molecule has 2 bridgehead atoms. The Hall–Kier alpha value is -3.22. The SMILES string of the molecule is CC(C)(C)c1ccc(CNC23CNCCNCC(N)(CN(CC(=O)O)CCN(CC(=O)O)C2)CN(CC(=O)O)CCN(CC(=O)O)C3)cc1. The van der Waals surface area contributed by atoms with Crippen LogP contribution in [0.4, 0.5) is 0 Å². The summed E-state index contributed by atoms with van der Waals surface area (Å²) in [6, 6.07) is 8.26. The van der Waals surface area contributed by atoms with Crippen LogP contribution in [-0.4, -0.2) is 180 Å². The fourth-order valence-corrected chi connectivity index (χ4v) is 6.69. The van der Waals surface area contributed by atoms with Crippen LogP contribution in [0.5, 0.6) is 0 Å². The van der Waals surface area contributed by atoms with Crippen molar-refractivity contribution >= 4 is 23.9 Å². The maximum Gasteiger partial charge on any atom is 0.317 e. The summed E-state index contributed by atoms with van der Waals surface area (Å²) < 4.78 is 0. The van der Waals surface area contributed by atoms with Crippen molar-refractivity contribution in [3.8, 4) is 0 Å². The Morgan fingerprint density at radius 3 is 1.47 bits per heavy atom. The zero-order valence-electron chi connectivity index (χ0n) is 29.1. The van der Waals surface area contributed by atoms with E-state index in [0.717, 1.165) is 5.56 Å². The number of fused-ring (bicyclic) bond motifs is 15. The molecule has 1 aromatic rings. The Morgan fingerprint density at radius 1 is 0.694 bits per heavy atom. The van der Waals surface area contributed by atoms with Crippen molar-refractivity contribution in [2.24, 2.45) is 5.73 Å². The molecule has 0 atom stereocenters. The molecule has 0 aromatic heterocycles. The maximum atomic E-state index is 12.2. The van der Waals surface area contributed by atoms with Crippen LogP contribution in [0, 0.1) is 0 Å². The van der Waals surface area contributed by atoms with Crippen molar-refractivity contribution < 1.29 is 39.6 Å². The lowest BCUT2D eigenvalue weighted by Crippen LogP contribution is -2.67. The molecule has 276 valence electrons. The summed E-state index contributed by atoms with van der Waals surface area (Å²) in [5.74, 6) is -4.22. The normalized spacial score (nSPS) is 25.0. The Balaban J connectivity index is 2.12. The van der Waals surface area contributed by atoms with Crippen molar-refractivity contribution in [3.63, 3.8) is 0 Å². The summed E-state index contributed by atoms with van der Waals surface area (Å²) >= 11 is 0. The summed E-state index contributed by atoms with van der Waals surface area (Å²) in [6.07, 6.45) is 0. The molecule has 16 nitrogen and oxygen atoms in total. The summed E-state index contributed by atoms with van der Waals surface area (Å²) in [5, 5.41) is 50.0. The Morgan fingerprint density at radius 2 is 1.08 bits per heavy atom. The average Bonchev–Trinajstić information content (AvgIpc) is 2.97. The fourth-order valence-electron chi connectivity index (χ4n) is 6.69. The molecule has 3 aliphatic rings. The van der Waals surface area contributed by atoms with E-state index in [1.807, 2.05) is 12.1 Å². The van der Waals surface area contributed by atoms with Gasteiger partial charge in [-0.3, -0.25) is 38.8 Å². The van der Waals surface area contributed by atoms with Crippen molar-refractivity contribution in [2.75, 3.05) is 105 Å². The highest BCUT2D eigenvalue weighted by Crippen LogP contribution is 2.23. The first-order valence-corrected chi connectivity index (χ1v) is 16.8. The lowest BCUT2D eigenvalue weighted by Gasteiger charge is -2.45. The number of nitrogens with two attached hydrogens (primary N) is 1. The van der Waals surface area contributed by atoms with Gasteiger partial charge in [-0.15, -0.1) is 0 Å². The van der Waals surface area contributed by atoms with E-state index in [1.54, 1.807) is 19.6 Å². The Labute approximate surface area is 288 Å².